The van der Waals surface area contributed by atoms with Gasteiger partial charge in [-0.2, -0.15) is 0 Å². The summed E-state index contributed by atoms with van der Waals surface area (Å²) in [5.41, 5.74) is -0.437. The summed E-state index contributed by atoms with van der Waals surface area (Å²) in [6.45, 7) is 0.208. The van der Waals surface area contributed by atoms with E-state index < -0.39 is 17.3 Å². The average molecular weight is 331 g/mol. The lowest BCUT2D eigenvalue weighted by atomic mass is 10.2. The Bertz CT molecular complexity index is 582. The van der Waals surface area contributed by atoms with Crippen molar-refractivity contribution in [1.82, 2.24) is 0 Å². The Hall–Kier alpha value is -1.40. The molecule has 0 spiro atoms. The van der Waals surface area contributed by atoms with Crippen LogP contribution in [-0.2, 0) is 6.61 Å². The highest BCUT2D eigenvalue weighted by molar-refractivity contribution is 9.11. The van der Waals surface area contributed by atoms with Crippen molar-refractivity contribution in [3.63, 3.8) is 0 Å². The molecule has 0 unspecified atom stereocenters. The molecule has 94 valence electrons. The van der Waals surface area contributed by atoms with Crippen molar-refractivity contribution in [2.24, 2.45) is 0 Å². The molecule has 1 N–H and O–H groups in total. The predicted octanol–water partition coefficient (Wildman–Crippen LogP) is 3.93. The zero-order valence-corrected chi connectivity index (χ0v) is 11.4. The van der Waals surface area contributed by atoms with Crippen molar-refractivity contribution >= 4 is 33.2 Å². The van der Waals surface area contributed by atoms with Gasteiger partial charge >= 0.3 is 5.97 Å². The first-order chi connectivity index (χ1) is 8.58. The molecule has 2 rings (SSSR count). The number of hydrogen-bond acceptors (Lipinski definition) is 3. The van der Waals surface area contributed by atoms with Crippen molar-refractivity contribution in [3.8, 4) is 5.75 Å². The Kier molecular flexibility index (Phi) is 3.98. The molecule has 0 fully saturated rings. The fraction of sp³-hybridized carbons (Fsp3) is 0.0833. The SMILES string of the molecule is O=C(O)c1c(F)cccc1OCc1ccc(Br)s1. The van der Waals surface area contributed by atoms with Crippen molar-refractivity contribution in [2.45, 2.75) is 6.61 Å². The van der Waals surface area contributed by atoms with E-state index in [0.717, 1.165) is 14.7 Å². The van der Waals surface area contributed by atoms with Crippen LogP contribution in [0.25, 0.3) is 0 Å². The zero-order valence-electron chi connectivity index (χ0n) is 9.02. The highest BCUT2D eigenvalue weighted by Gasteiger charge is 2.16. The molecule has 2 aromatic rings. The molecule has 0 saturated carbocycles. The van der Waals surface area contributed by atoms with Gasteiger partial charge in [-0.1, -0.05) is 6.07 Å². The van der Waals surface area contributed by atoms with Crippen LogP contribution in [0, 0.1) is 5.82 Å². The molecule has 1 heterocycles. The Labute approximate surface area is 115 Å². The smallest absolute Gasteiger partial charge is 0.342 e. The Balaban J connectivity index is 2.19. The molecular weight excluding hydrogens is 323 g/mol. The normalized spacial score (nSPS) is 10.3. The molecular formula is C12H8BrFO3S. The summed E-state index contributed by atoms with van der Waals surface area (Å²) in [6, 6.07) is 7.68. The zero-order chi connectivity index (χ0) is 13.1. The van der Waals surface area contributed by atoms with E-state index in [2.05, 4.69) is 15.9 Å². The van der Waals surface area contributed by atoms with Crippen LogP contribution in [0.4, 0.5) is 4.39 Å². The maximum atomic E-state index is 13.4. The number of thiophene rings is 1. The van der Waals surface area contributed by atoms with E-state index in [9.17, 15) is 9.18 Å². The summed E-state index contributed by atoms with van der Waals surface area (Å²) in [4.78, 5) is 11.9. The van der Waals surface area contributed by atoms with Gasteiger partial charge in [-0.3, -0.25) is 0 Å². The van der Waals surface area contributed by atoms with Crippen LogP contribution >= 0.6 is 27.3 Å². The lowest BCUT2D eigenvalue weighted by Gasteiger charge is -2.08. The minimum absolute atomic E-state index is 0.0343. The molecule has 18 heavy (non-hydrogen) atoms. The third-order valence-corrected chi connectivity index (χ3v) is 3.79. The van der Waals surface area contributed by atoms with E-state index in [-0.39, 0.29) is 12.4 Å². The lowest BCUT2D eigenvalue weighted by molar-refractivity contribution is 0.0686. The fourth-order valence-corrected chi connectivity index (χ4v) is 2.81. The number of aromatic carboxylic acids is 1. The molecule has 0 amide bonds. The minimum Gasteiger partial charge on any atom is -0.487 e. The van der Waals surface area contributed by atoms with E-state index in [1.165, 1.54) is 23.5 Å². The standard InChI is InChI=1S/C12H8BrFO3S/c13-10-5-4-7(18-10)6-17-9-3-1-2-8(14)11(9)12(15)16/h1-5H,6H2,(H,15,16). The maximum Gasteiger partial charge on any atom is 0.342 e. The highest BCUT2D eigenvalue weighted by atomic mass is 79.9. The quantitative estimate of drug-likeness (QED) is 0.923. The van der Waals surface area contributed by atoms with Gasteiger partial charge in [0.05, 0.1) is 3.79 Å². The second-order valence-corrected chi connectivity index (χ2v) is 5.96. The number of halogens is 2. The number of carbonyl (C=O) groups is 1. The van der Waals surface area contributed by atoms with Crippen molar-refractivity contribution in [1.29, 1.82) is 0 Å². The van der Waals surface area contributed by atoms with Gasteiger partial charge in [0.15, 0.2) is 0 Å². The first kappa shape index (κ1) is 13.0. The molecule has 0 radical (unpaired) electrons. The molecule has 0 aliphatic heterocycles. The van der Waals surface area contributed by atoms with Crippen LogP contribution in [0.3, 0.4) is 0 Å². The van der Waals surface area contributed by atoms with E-state index in [1.807, 2.05) is 12.1 Å². The molecule has 0 bridgehead atoms. The summed E-state index contributed by atoms with van der Waals surface area (Å²) >= 11 is 4.79. The largest absolute Gasteiger partial charge is 0.487 e. The predicted molar refractivity (Wildman–Crippen MR) is 69.7 cm³/mol. The van der Waals surface area contributed by atoms with E-state index >= 15 is 0 Å². The molecule has 0 saturated heterocycles. The van der Waals surface area contributed by atoms with Crippen molar-refractivity contribution in [2.75, 3.05) is 0 Å². The summed E-state index contributed by atoms with van der Waals surface area (Å²) < 4.78 is 19.7. The van der Waals surface area contributed by atoms with Crippen LogP contribution in [0.15, 0.2) is 34.1 Å². The van der Waals surface area contributed by atoms with E-state index in [1.54, 1.807) is 0 Å². The van der Waals surface area contributed by atoms with Gasteiger partial charge in [-0.25, -0.2) is 9.18 Å². The van der Waals surface area contributed by atoms with Gasteiger partial charge in [0.1, 0.15) is 23.7 Å². The maximum absolute atomic E-state index is 13.4. The number of benzene rings is 1. The first-order valence-electron chi connectivity index (χ1n) is 4.96. The topological polar surface area (TPSA) is 46.5 Å². The van der Waals surface area contributed by atoms with Gasteiger partial charge in [0, 0.05) is 4.88 Å². The van der Waals surface area contributed by atoms with Crippen LogP contribution in [0.5, 0.6) is 5.75 Å². The molecule has 3 nitrogen and oxygen atoms in total. The Morgan fingerprint density at radius 3 is 2.78 bits per heavy atom. The fourth-order valence-electron chi connectivity index (χ4n) is 1.41. The third kappa shape index (κ3) is 2.88. The molecule has 0 atom stereocenters. The Morgan fingerprint density at radius 1 is 1.39 bits per heavy atom. The van der Waals surface area contributed by atoms with E-state index in [4.69, 9.17) is 9.84 Å². The third-order valence-electron chi connectivity index (χ3n) is 2.19. The molecule has 6 heteroatoms. The molecule has 1 aromatic heterocycles. The summed E-state index contributed by atoms with van der Waals surface area (Å²) in [7, 11) is 0. The van der Waals surface area contributed by atoms with Gasteiger partial charge in [-0.05, 0) is 40.2 Å². The number of carboxylic acid groups (broad SMARTS) is 1. The second-order valence-electron chi connectivity index (χ2n) is 3.41. The average Bonchev–Trinajstić information content (AvgIpc) is 2.72. The van der Waals surface area contributed by atoms with Crippen molar-refractivity contribution in [3.05, 3.63) is 50.4 Å². The highest BCUT2D eigenvalue weighted by Crippen LogP contribution is 2.26. The molecule has 0 aliphatic rings. The number of ether oxygens (including phenoxy) is 1. The Morgan fingerprint density at radius 2 is 2.17 bits per heavy atom. The second kappa shape index (κ2) is 5.49. The summed E-state index contributed by atoms with van der Waals surface area (Å²) in [5, 5.41) is 8.92. The van der Waals surface area contributed by atoms with Crippen LogP contribution in [0.1, 0.15) is 15.2 Å². The summed E-state index contributed by atoms with van der Waals surface area (Å²) in [5.74, 6) is -2.10. The van der Waals surface area contributed by atoms with Gasteiger partial charge in [0.25, 0.3) is 0 Å². The van der Waals surface area contributed by atoms with Gasteiger partial charge in [0.2, 0.25) is 0 Å². The minimum atomic E-state index is -1.34. The van der Waals surface area contributed by atoms with E-state index in [0.29, 0.717) is 0 Å². The van der Waals surface area contributed by atoms with Crippen LogP contribution in [-0.4, -0.2) is 11.1 Å². The van der Waals surface area contributed by atoms with Crippen LogP contribution < -0.4 is 4.74 Å². The molecule has 1 aromatic carbocycles. The molecule has 0 aliphatic carbocycles. The number of carboxylic acids is 1. The number of rotatable bonds is 4. The van der Waals surface area contributed by atoms with Gasteiger partial charge in [-0.15, -0.1) is 11.3 Å². The number of hydrogen-bond donors (Lipinski definition) is 1. The lowest BCUT2D eigenvalue weighted by Crippen LogP contribution is -2.05. The first-order valence-corrected chi connectivity index (χ1v) is 6.57. The summed E-state index contributed by atoms with van der Waals surface area (Å²) in [6.07, 6.45) is 0. The van der Waals surface area contributed by atoms with Gasteiger partial charge < -0.3 is 9.84 Å². The van der Waals surface area contributed by atoms with Crippen LogP contribution in [0.2, 0.25) is 0 Å². The monoisotopic (exact) mass is 330 g/mol. The van der Waals surface area contributed by atoms with Crippen molar-refractivity contribution < 1.29 is 19.0 Å².